The minimum absolute atomic E-state index is 0.0743. The van der Waals surface area contributed by atoms with E-state index >= 15 is 0 Å². The minimum atomic E-state index is -3.78. The molecule has 9 heteroatoms. The van der Waals surface area contributed by atoms with Gasteiger partial charge in [-0.25, -0.2) is 8.42 Å². The Morgan fingerprint density at radius 3 is 2.40 bits per heavy atom. The average molecular weight is 450 g/mol. The fourth-order valence-electron chi connectivity index (χ4n) is 3.29. The van der Waals surface area contributed by atoms with Crippen LogP contribution in [0.5, 0.6) is 0 Å². The van der Waals surface area contributed by atoms with Crippen LogP contribution in [0, 0.1) is 0 Å². The van der Waals surface area contributed by atoms with Crippen molar-refractivity contribution in [2.75, 3.05) is 25.0 Å². The molecular formula is C21H24ClN3O4S. The van der Waals surface area contributed by atoms with Gasteiger partial charge in [0.1, 0.15) is 4.90 Å². The number of rotatable bonds is 6. The highest BCUT2D eigenvalue weighted by Gasteiger charge is 2.28. The molecule has 1 aliphatic rings. The van der Waals surface area contributed by atoms with Crippen molar-refractivity contribution in [3.63, 3.8) is 0 Å². The van der Waals surface area contributed by atoms with Crippen molar-refractivity contribution in [3.05, 3.63) is 58.6 Å². The Labute approximate surface area is 181 Å². The van der Waals surface area contributed by atoms with Gasteiger partial charge in [-0.3, -0.25) is 9.59 Å². The molecule has 1 heterocycles. The van der Waals surface area contributed by atoms with Crippen LogP contribution in [0.25, 0.3) is 0 Å². The van der Waals surface area contributed by atoms with E-state index in [1.54, 1.807) is 24.3 Å². The standard InChI is InChI=1S/C21H24ClN3O4S/c1-2-23-20(26)15-7-6-8-17(13-15)24-21(27)16-9-10-18(22)19(14-16)30(28,29)25-11-4-3-5-12-25/h6-10,13-14H,2-5,11-12H2,1H3,(H,23,26)(H,24,27). The summed E-state index contributed by atoms with van der Waals surface area (Å²) < 4.78 is 27.4. The number of sulfonamides is 1. The van der Waals surface area contributed by atoms with Crippen molar-refractivity contribution in [2.24, 2.45) is 0 Å². The summed E-state index contributed by atoms with van der Waals surface area (Å²) in [5.41, 5.74) is 1.01. The van der Waals surface area contributed by atoms with Crippen LogP contribution in [0.3, 0.4) is 0 Å². The second-order valence-corrected chi connectivity index (χ2v) is 9.32. The zero-order chi connectivity index (χ0) is 21.7. The molecule has 1 saturated heterocycles. The van der Waals surface area contributed by atoms with E-state index in [0.717, 1.165) is 19.3 Å². The number of nitrogens with one attached hydrogen (secondary N) is 2. The van der Waals surface area contributed by atoms with Gasteiger partial charge in [-0.05, 0) is 56.2 Å². The Kier molecular flexibility index (Phi) is 7.12. The van der Waals surface area contributed by atoms with Crippen LogP contribution >= 0.6 is 11.6 Å². The number of carbonyl (C=O) groups excluding carboxylic acids is 2. The first-order valence-electron chi connectivity index (χ1n) is 9.82. The summed E-state index contributed by atoms with van der Waals surface area (Å²) in [5.74, 6) is -0.732. The number of nitrogens with zero attached hydrogens (tertiary/aromatic N) is 1. The van der Waals surface area contributed by atoms with Crippen LogP contribution in [0.2, 0.25) is 5.02 Å². The zero-order valence-corrected chi connectivity index (χ0v) is 18.2. The maximum Gasteiger partial charge on any atom is 0.255 e. The Bertz CT molecular complexity index is 1050. The maximum absolute atomic E-state index is 13.0. The molecule has 0 spiro atoms. The Morgan fingerprint density at radius 2 is 1.70 bits per heavy atom. The molecule has 30 heavy (non-hydrogen) atoms. The first-order chi connectivity index (χ1) is 14.3. The topological polar surface area (TPSA) is 95.6 Å². The SMILES string of the molecule is CCNC(=O)c1cccc(NC(=O)c2ccc(Cl)c(S(=O)(=O)N3CCCCC3)c2)c1. The van der Waals surface area contributed by atoms with Crippen LogP contribution in [0.15, 0.2) is 47.4 Å². The maximum atomic E-state index is 13.0. The molecule has 0 aliphatic carbocycles. The highest BCUT2D eigenvalue weighted by atomic mass is 35.5. The quantitative estimate of drug-likeness (QED) is 0.705. The minimum Gasteiger partial charge on any atom is -0.352 e. The van der Waals surface area contributed by atoms with Crippen molar-refractivity contribution in [2.45, 2.75) is 31.1 Å². The van der Waals surface area contributed by atoms with Gasteiger partial charge in [-0.2, -0.15) is 4.31 Å². The lowest BCUT2D eigenvalue weighted by molar-refractivity contribution is 0.0954. The number of anilines is 1. The summed E-state index contributed by atoms with van der Waals surface area (Å²) in [5, 5.41) is 5.48. The lowest BCUT2D eigenvalue weighted by Gasteiger charge is -2.26. The summed E-state index contributed by atoms with van der Waals surface area (Å²) in [6.45, 7) is 3.21. The highest BCUT2D eigenvalue weighted by molar-refractivity contribution is 7.89. The molecule has 2 N–H and O–H groups in total. The number of halogens is 1. The van der Waals surface area contributed by atoms with Crippen molar-refractivity contribution in [1.29, 1.82) is 0 Å². The zero-order valence-electron chi connectivity index (χ0n) is 16.7. The van der Waals surface area contributed by atoms with Crippen LogP contribution < -0.4 is 10.6 Å². The molecule has 0 radical (unpaired) electrons. The van der Waals surface area contributed by atoms with Gasteiger partial charge in [0.2, 0.25) is 10.0 Å². The first-order valence-corrected chi connectivity index (χ1v) is 11.6. The monoisotopic (exact) mass is 449 g/mol. The first kappa shape index (κ1) is 22.3. The van der Waals surface area contributed by atoms with Crippen molar-refractivity contribution in [3.8, 4) is 0 Å². The molecule has 2 aromatic carbocycles. The highest BCUT2D eigenvalue weighted by Crippen LogP contribution is 2.28. The van der Waals surface area contributed by atoms with Gasteiger partial charge in [-0.1, -0.05) is 24.1 Å². The molecule has 7 nitrogen and oxygen atoms in total. The molecule has 160 valence electrons. The number of carbonyl (C=O) groups is 2. The van der Waals surface area contributed by atoms with E-state index in [-0.39, 0.29) is 21.4 Å². The van der Waals surface area contributed by atoms with Gasteiger partial charge >= 0.3 is 0 Å². The fourth-order valence-corrected chi connectivity index (χ4v) is 5.31. The number of hydrogen-bond acceptors (Lipinski definition) is 4. The summed E-state index contributed by atoms with van der Waals surface area (Å²) in [4.78, 5) is 24.6. The largest absolute Gasteiger partial charge is 0.352 e. The summed E-state index contributed by atoms with van der Waals surface area (Å²) in [6, 6.07) is 10.7. The van der Waals surface area contributed by atoms with Crippen molar-refractivity contribution in [1.82, 2.24) is 9.62 Å². The van der Waals surface area contributed by atoms with Crippen molar-refractivity contribution >= 4 is 39.1 Å². The Morgan fingerprint density at radius 1 is 1.00 bits per heavy atom. The van der Waals surface area contributed by atoms with Gasteiger partial charge in [0, 0.05) is 36.4 Å². The lowest BCUT2D eigenvalue weighted by atomic mass is 10.1. The summed E-state index contributed by atoms with van der Waals surface area (Å²) in [6.07, 6.45) is 2.61. The van der Waals surface area contributed by atoms with Crippen LogP contribution in [0.4, 0.5) is 5.69 Å². The molecule has 0 aromatic heterocycles. The lowest BCUT2D eigenvalue weighted by Crippen LogP contribution is -2.35. The Hall–Kier alpha value is -2.42. The number of amides is 2. The Balaban J connectivity index is 1.83. The van der Waals surface area contributed by atoms with Gasteiger partial charge in [0.05, 0.1) is 5.02 Å². The van der Waals surface area contributed by atoms with Gasteiger partial charge in [-0.15, -0.1) is 0 Å². The summed E-state index contributed by atoms with van der Waals surface area (Å²) >= 11 is 6.17. The van der Waals surface area contributed by atoms with Crippen LogP contribution in [0.1, 0.15) is 46.9 Å². The van der Waals surface area contributed by atoms with Gasteiger partial charge < -0.3 is 10.6 Å². The van der Waals surface area contributed by atoms with E-state index in [0.29, 0.717) is 30.9 Å². The third-order valence-corrected chi connectivity index (χ3v) is 7.23. The molecule has 0 atom stereocenters. The van der Waals surface area contributed by atoms with E-state index in [4.69, 9.17) is 11.6 Å². The van der Waals surface area contributed by atoms with Crippen LogP contribution in [-0.4, -0.2) is 44.2 Å². The summed E-state index contributed by atoms with van der Waals surface area (Å²) in [7, 11) is -3.78. The predicted molar refractivity (Wildman–Crippen MR) is 116 cm³/mol. The van der Waals surface area contributed by atoms with Crippen molar-refractivity contribution < 1.29 is 18.0 Å². The van der Waals surface area contributed by atoms with E-state index in [9.17, 15) is 18.0 Å². The molecule has 2 amide bonds. The van der Waals surface area contributed by atoms with Gasteiger partial charge in [0.25, 0.3) is 11.8 Å². The fraction of sp³-hybridized carbons (Fsp3) is 0.333. The number of hydrogen-bond donors (Lipinski definition) is 2. The second kappa shape index (κ2) is 9.59. The molecule has 0 unspecified atom stereocenters. The number of benzene rings is 2. The van der Waals surface area contributed by atoms with Gasteiger partial charge in [0.15, 0.2) is 0 Å². The molecule has 0 bridgehead atoms. The normalized spacial score (nSPS) is 14.9. The molecule has 1 fully saturated rings. The molecular weight excluding hydrogens is 426 g/mol. The second-order valence-electron chi connectivity index (χ2n) is 7.00. The third-order valence-electron chi connectivity index (χ3n) is 4.85. The molecule has 2 aromatic rings. The molecule has 0 saturated carbocycles. The average Bonchev–Trinajstić information content (AvgIpc) is 2.75. The van der Waals surface area contributed by atoms with E-state index in [2.05, 4.69) is 10.6 Å². The smallest absolute Gasteiger partial charge is 0.255 e. The molecule has 3 rings (SSSR count). The third kappa shape index (κ3) is 5.00. The predicted octanol–water partition coefficient (Wildman–Crippen LogP) is 3.52. The van der Waals surface area contributed by atoms with E-state index < -0.39 is 15.9 Å². The molecule has 1 aliphatic heterocycles. The number of piperidine rings is 1. The van der Waals surface area contributed by atoms with Crippen LogP contribution in [-0.2, 0) is 10.0 Å². The van der Waals surface area contributed by atoms with E-state index in [1.165, 1.54) is 22.5 Å². The van der Waals surface area contributed by atoms with E-state index in [1.807, 2.05) is 6.92 Å².